The quantitative estimate of drug-likeness (QED) is 0.671. The first-order valence-electron chi connectivity index (χ1n) is 5.34. The molecule has 0 bridgehead atoms. The van der Waals surface area contributed by atoms with Crippen molar-refractivity contribution in [2.24, 2.45) is 0 Å². The van der Waals surface area contributed by atoms with Gasteiger partial charge in [0.25, 0.3) is 0 Å². The van der Waals surface area contributed by atoms with Crippen molar-refractivity contribution in [3.63, 3.8) is 0 Å². The molecule has 1 aromatic rings. The van der Waals surface area contributed by atoms with Crippen LogP contribution in [-0.4, -0.2) is 4.57 Å². The molecule has 1 heterocycles. The molecule has 0 aliphatic rings. The van der Waals surface area contributed by atoms with Crippen molar-refractivity contribution in [3.8, 4) is 0 Å². The molecule has 1 nitrogen and oxygen atoms in total. The largest absolute Gasteiger partial charge is 0.349 e. The van der Waals surface area contributed by atoms with Crippen LogP contribution in [0.1, 0.15) is 43.3 Å². The third-order valence-electron chi connectivity index (χ3n) is 3.06. The van der Waals surface area contributed by atoms with Crippen molar-refractivity contribution >= 4 is 0 Å². The number of hydrogen-bond donors (Lipinski definition) is 0. The molecular weight excluding hydrogens is 158 g/mol. The van der Waals surface area contributed by atoms with Crippen LogP contribution in [0.5, 0.6) is 0 Å². The summed E-state index contributed by atoms with van der Waals surface area (Å²) in [5, 5.41) is 0. The average Bonchev–Trinajstić information content (AvgIpc) is 2.36. The second-order valence-corrected chi connectivity index (χ2v) is 3.59. The monoisotopic (exact) mass is 179 g/mol. The van der Waals surface area contributed by atoms with Gasteiger partial charge in [0.1, 0.15) is 0 Å². The van der Waals surface area contributed by atoms with E-state index in [4.69, 9.17) is 0 Å². The molecule has 0 radical (unpaired) electrons. The Morgan fingerprint density at radius 2 is 1.62 bits per heavy atom. The lowest BCUT2D eigenvalue weighted by Crippen LogP contribution is -2.02. The minimum atomic E-state index is 1.11. The van der Waals surface area contributed by atoms with Gasteiger partial charge in [0.05, 0.1) is 0 Å². The summed E-state index contributed by atoms with van der Waals surface area (Å²) < 4.78 is 2.45. The second-order valence-electron chi connectivity index (χ2n) is 3.59. The van der Waals surface area contributed by atoms with E-state index in [1.54, 1.807) is 5.56 Å². The predicted molar refractivity (Wildman–Crippen MR) is 58.3 cm³/mol. The minimum absolute atomic E-state index is 1.11. The zero-order chi connectivity index (χ0) is 10.0. The van der Waals surface area contributed by atoms with Gasteiger partial charge in [-0.1, -0.05) is 13.8 Å². The molecule has 0 fully saturated rings. The van der Waals surface area contributed by atoms with Crippen LogP contribution in [0, 0.1) is 13.8 Å². The van der Waals surface area contributed by atoms with Crippen LogP contribution >= 0.6 is 0 Å². The van der Waals surface area contributed by atoms with Gasteiger partial charge in [0, 0.05) is 17.9 Å². The molecular formula is C12H21N. The molecule has 0 saturated carbocycles. The van der Waals surface area contributed by atoms with Gasteiger partial charge in [0.15, 0.2) is 0 Å². The Morgan fingerprint density at radius 3 is 1.92 bits per heavy atom. The first kappa shape index (κ1) is 10.4. The number of aromatic nitrogens is 1. The molecule has 0 saturated heterocycles. The maximum Gasteiger partial charge on any atom is 0.0206 e. The highest BCUT2D eigenvalue weighted by molar-refractivity contribution is 5.37. The van der Waals surface area contributed by atoms with Crippen molar-refractivity contribution < 1.29 is 0 Å². The summed E-state index contributed by atoms with van der Waals surface area (Å²) in [7, 11) is 0. The van der Waals surface area contributed by atoms with Crippen molar-refractivity contribution in [3.05, 3.63) is 22.5 Å². The number of hydrogen-bond acceptors (Lipinski definition) is 0. The topological polar surface area (TPSA) is 4.93 Å². The summed E-state index contributed by atoms with van der Waals surface area (Å²) >= 11 is 0. The fourth-order valence-electron chi connectivity index (χ4n) is 2.42. The van der Waals surface area contributed by atoms with Crippen LogP contribution in [0.3, 0.4) is 0 Å². The Morgan fingerprint density at radius 1 is 1.00 bits per heavy atom. The van der Waals surface area contributed by atoms with E-state index in [1.807, 2.05) is 0 Å². The van der Waals surface area contributed by atoms with Gasteiger partial charge in [-0.05, 0) is 44.7 Å². The summed E-state index contributed by atoms with van der Waals surface area (Å²) in [4.78, 5) is 0. The summed E-state index contributed by atoms with van der Waals surface area (Å²) in [5.74, 6) is 0. The smallest absolute Gasteiger partial charge is 0.0206 e. The Bertz CT molecular complexity index is 267. The van der Waals surface area contributed by atoms with E-state index in [0.29, 0.717) is 0 Å². The van der Waals surface area contributed by atoms with Crippen LogP contribution in [0.25, 0.3) is 0 Å². The molecule has 1 aromatic heterocycles. The van der Waals surface area contributed by atoms with Gasteiger partial charge in [0.2, 0.25) is 0 Å². The fourth-order valence-corrected chi connectivity index (χ4v) is 2.42. The van der Waals surface area contributed by atoms with Gasteiger partial charge in [-0.2, -0.15) is 0 Å². The highest BCUT2D eigenvalue weighted by Crippen LogP contribution is 2.22. The Kier molecular flexibility index (Phi) is 3.18. The maximum absolute atomic E-state index is 2.45. The maximum atomic E-state index is 2.45. The van der Waals surface area contributed by atoms with Gasteiger partial charge in [-0.15, -0.1) is 0 Å². The van der Waals surface area contributed by atoms with Crippen molar-refractivity contribution in [1.82, 2.24) is 4.57 Å². The highest BCUT2D eigenvalue weighted by atomic mass is 15.0. The molecule has 0 aliphatic carbocycles. The molecule has 13 heavy (non-hydrogen) atoms. The molecule has 0 amide bonds. The molecule has 74 valence electrons. The Hall–Kier alpha value is -0.720. The zero-order valence-electron chi connectivity index (χ0n) is 9.57. The lowest BCUT2D eigenvalue weighted by atomic mass is 10.1. The van der Waals surface area contributed by atoms with Crippen LogP contribution < -0.4 is 0 Å². The van der Waals surface area contributed by atoms with E-state index in [-0.39, 0.29) is 0 Å². The van der Waals surface area contributed by atoms with E-state index in [2.05, 4.69) is 39.2 Å². The molecule has 0 atom stereocenters. The normalized spacial score (nSPS) is 10.8. The van der Waals surface area contributed by atoms with Gasteiger partial charge in [-0.3, -0.25) is 0 Å². The van der Waals surface area contributed by atoms with Crippen molar-refractivity contribution in [2.75, 3.05) is 0 Å². The molecule has 0 unspecified atom stereocenters. The van der Waals surface area contributed by atoms with Gasteiger partial charge >= 0.3 is 0 Å². The second kappa shape index (κ2) is 3.99. The first-order chi connectivity index (χ1) is 6.17. The summed E-state index contributed by atoms with van der Waals surface area (Å²) in [5.41, 5.74) is 6.07. The standard InChI is InChI=1S/C12H21N/c1-6-11-9(4)12(7-2)13(8-3)10(11)5/h6-8H2,1-5H3. The van der Waals surface area contributed by atoms with Crippen LogP contribution in [0.2, 0.25) is 0 Å². The van der Waals surface area contributed by atoms with E-state index >= 15 is 0 Å². The summed E-state index contributed by atoms with van der Waals surface area (Å²) in [6, 6.07) is 0. The van der Waals surface area contributed by atoms with Crippen molar-refractivity contribution in [1.29, 1.82) is 0 Å². The third-order valence-corrected chi connectivity index (χ3v) is 3.06. The third kappa shape index (κ3) is 1.52. The number of rotatable bonds is 3. The Balaban J connectivity index is 3.33. The average molecular weight is 179 g/mol. The Labute approximate surface area is 81.8 Å². The fraction of sp³-hybridized carbons (Fsp3) is 0.667. The van der Waals surface area contributed by atoms with Crippen LogP contribution in [0.15, 0.2) is 0 Å². The van der Waals surface area contributed by atoms with E-state index in [0.717, 1.165) is 19.4 Å². The highest BCUT2D eigenvalue weighted by Gasteiger charge is 2.12. The molecule has 1 rings (SSSR count). The van der Waals surface area contributed by atoms with Gasteiger partial charge < -0.3 is 4.57 Å². The van der Waals surface area contributed by atoms with Crippen molar-refractivity contribution in [2.45, 2.75) is 54.0 Å². The molecule has 0 N–H and O–H groups in total. The van der Waals surface area contributed by atoms with Crippen LogP contribution in [0.4, 0.5) is 0 Å². The molecule has 0 aliphatic heterocycles. The zero-order valence-corrected chi connectivity index (χ0v) is 9.57. The van der Waals surface area contributed by atoms with E-state index < -0.39 is 0 Å². The minimum Gasteiger partial charge on any atom is -0.349 e. The lowest BCUT2D eigenvalue weighted by Gasteiger charge is -2.07. The summed E-state index contributed by atoms with van der Waals surface area (Å²) in [6.45, 7) is 12.3. The van der Waals surface area contributed by atoms with E-state index in [1.165, 1.54) is 17.0 Å². The first-order valence-corrected chi connectivity index (χ1v) is 5.34. The van der Waals surface area contributed by atoms with Gasteiger partial charge in [-0.25, -0.2) is 0 Å². The van der Waals surface area contributed by atoms with E-state index in [9.17, 15) is 0 Å². The SMILES string of the molecule is CCc1c(C)c(CC)n(CC)c1C. The number of nitrogens with zero attached hydrogens (tertiary/aromatic N) is 1. The molecule has 0 spiro atoms. The van der Waals surface area contributed by atoms with Crippen LogP contribution in [-0.2, 0) is 19.4 Å². The molecule has 0 aromatic carbocycles. The molecule has 1 heteroatoms. The predicted octanol–water partition coefficient (Wildman–Crippen LogP) is 3.25. The lowest BCUT2D eigenvalue weighted by molar-refractivity contribution is 0.695. The summed E-state index contributed by atoms with van der Waals surface area (Å²) in [6.07, 6.45) is 2.32.